The van der Waals surface area contributed by atoms with Gasteiger partial charge in [-0.3, -0.25) is 9.36 Å². The topological polar surface area (TPSA) is 60.3 Å². The van der Waals surface area contributed by atoms with Gasteiger partial charge in [-0.05, 0) is 57.9 Å². The molecule has 2 heterocycles. The lowest BCUT2D eigenvalue weighted by atomic mass is 10.2. The van der Waals surface area contributed by atoms with Crippen LogP contribution in [-0.2, 0) is 4.79 Å². The summed E-state index contributed by atoms with van der Waals surface area (Å²) in [6, 6.07) is 7.99. The Labute approximate surface area is 158 Å². The fourth-order valence-electron chi connectivity index (χ4n) is 3.16. The first-order valence-corrected chi connectivity index (χ1v) is 9.94. The van der Waals surface area contributed by atoms with Crippen molar-refractivity contribution in [3.05, 3.63) is 24.3 Å². The molecule has 1 saturated heterocycles. The third kappa shape index (κ3) is 3.87. The van der Waals surface area contributed by atoms with Gasteiger partial charge in [0.1, 0.15) is 5.75 Å². The molecule has 0 radical (unpaired) electrons. The molecule has 6 nitrogen and oxygen atoms in total. The minimum Gasteiger partial charge on any atom is -0.497 e. The summed E-state index contributed by atoms with van der Waals surface area (Å²) in [5, 5.41) is 9.39. The number of aromatic nitrogens is 3. The van der Waals surface area contributed by atoms with E-state index < -0.39 is 0 Å². The molecule has 1 aromatic heterocycles. The van der Waals surface area contributed by atoms with Gasteiger partial charge >= 0.3 is 0 Å². The van der Waals surface area contributed by atoms with Gasteiger partial charge in [0.25, 0.3) is 0 Å². The van der Waals surface area contributed by atoms with Crippen molar-refractivity contribution >= 4 is 17.7 Å². The molecule has 1 aliphatic heterocycles. The molecule has 26 heavy (non-hydrogen) atoms. The second-order valence-corrected chi connectivity index (χ2v) is 8.10. The number of hydrogen-bond donors (Lipinski definition) is 0. The Morgan fingerprint density at radius 2 is 1.77 bits per heavy atom. The van der Waals surface area contributed by atoms with E-state index in [1.807, 2.05) is 36.1 Å². The molecule has 0 aliphatic carbocycles. The van der Waals surface area contributed by atoms with E-state index in [9.17, 15) is 4.79 Å². The predicted octanol–water partition coefficient (Wildman–Crippen LogP) is 3.64. The molecule has 0 saturated carbocycles. The first-order valence-electron chi connectivity index (χ1n) is 9.06. The number of rotatable bonds is 6. The highest BCUT2D eigenvalue weighted by Crippen LogP contribution is 2.31. The van der Waals surface area contributed by atoms with E-state index >= 15 is 0 Å². The number of thioether (sulfide) groups is 1. The molecule has 0 N–H and O–H groups in total. The molecule has 1 fully saturated rings. The molecule has 1 aliphatic rings. The minimum absolute atomic E-state index is 0.168. The number of amides is 1. The largest absolute Gasteiger partial charge is 0.497 e. The lowest BCUT2D eigenvalue weighted by Crippen LogP contribution is -2.34. The summed E-state index contributed by atoms with van der Waals surface area (Å²) in [6.07, 6.45) is 2.21. The maximum atomic E-state index is 12.6. The average molecular weight is 375 g/mol. The van der Waals surface area contributed by atoms with E-state index in [4.69, 9.17) is 4.74 Å². The van der Waals surface area contributed by atoms with Crippen LogP contribution in [0.25, 0.3) is 11.4 Å². The zero-order valence-corrected chi connectivity index (χ0v) is 16.6. The highest BCUT2D eigenvalue weighted by molar-refractivity contribution is 8.00. The molecule has 140 valence electrons. The Kier molecular flexibility index (Phi) is 5.86. The van der Waals surface area contributed by atoms with Crippen molar-refractivity contribution in [2.75, 3.05) is 20.2 Å². The summed E-state index contributed by atoms with van der Waals surface area (Å²) in [4.78, 5) is 14.6. The number of nitrogens with zero attached hydrogens (tertiary/aromatic N) is 4. The predicted molar refractivity (Wildman–Crippen MR) is 104 cm³/mol. The Morgan fingerprint density at radius 1 is 1.12 bits per heavy atom. The number of likely N-dealkylation sites (tertiary alicyclic amines) is 1. The van der Waals surface area contributed by atoms with Gasteiger partial charge in [0.05, 0.1) is 12.4 Å². The summed E-state index contributed by atoms with van der Waals surface area (Å²) >= 11 is 1.49. The van der Waals surface area contributed by atoms with Crippen molar-refractivity contribution in [2.24, 2.45) is 0 Å². The maximum Gasteiger partial charge on any atom is 0.235 e. The summed E-state index contributed by atoms with van der Waals surface area (Å²) in [6.45, 7) is 7.91. The van der Waals surface area contributed by atoms with Crippen molar-refractivity contribution in [1.29, 1.82) is 0 Å². The molecule has 2 aromatic rings. The van der Waals surface area contributed by atoms with Gasteiger partial charge in [-0.25, -0.2) is 0 Å². The fourth-order valence-corrected chi connectivity index (χ4v) is 4.23. The van der Waals surface area contributed by atoms with Crippen LogP contribution in [0.2, 0.25) is 0 Å². The van der Waals surface area contributed by atoms with Gasteiger partial charge in [-0.15, -0.1) is 10.2 Å². The smallest absolute Gasteiger partial charge is 0.235 e. The van der Waals surface area contributed by atoms with Gasteiger partial charge in [-0.1, -0.05) is 11.8 Å². The quantitative estimate of drug-likeness (QED) is 0.723. The van der Waals surface area contributed by atoms with E-state index in [0.717, 1.165) is 48.2 Å². The molecule has 1 unspecified atom stereocenters. The monoisotopic (exact) mass is 374 g/mol. The molecule has 0 bridgehead atoms. The third-order valence-electron chi connectivity index (χ3n) is 4.58. The molecular formula is C19H26N4O2S. The standard InChI is InChI=1S/C19H26N4O2S/c1-13(2)23-17(15-7-9-16(25-4)10-8-15)20-21-19(23)26-14(3)18(24)22-11-5-6-12-22/h7-10,13-14H,5-6,11-12H2,1-4H3. The number of carbonyl (C=O) groups is 1. The van der Waals surface area contributed by atoms with E-state index in [-0.39, 0.29) is 17.2 Å². The highest BCUT2D eigenvalue weighted by Gasteiger charge is 2.27. The van der Waals surface area contributed by atoms with Gasteiger partial charge in [-0.2, -0.15) is 0 Å². The summed E-state index contributed by atoms with van der Waals surface area (Å²) in [7, 11) is 1.65. The SMILES string of the molecule is COc1ccc(-c2nnc(SC(C)C(=O)N3CCCC3)n2C(C)C)cc1. The van der Waals surface area contributed by atoms with Crippen LogP contribution in [0.4, 0.5) is 0 Å². The number of carbonyl (C=O) groups excluding carboxylic acids is 1. The van der Waals surface area contributed by atoms with E-state index in [1.165, 1.54) is 11.8 Å². The first kappa shape index (κ1) is 18.8. The zero-order valence-electron chi connectivity index (χ0n) is 15.8. The van der Waals surface area contributed by atoms with Crippen molar-refractivity contribution in [1.82, 2.24) is 19.7 Å². The Balaban J connectivity index is 1.83. The van der Waals surface area contributed by atoms with E-state index in [0.29, 0.717) is 0 Å². The number of hydrogen-bond acceptors (Lipinski definition) is 5. The van der Waals surface area contributed by atoms with Crippen LogP contribution in [0.5, 0.6) is 5.75 Å². The van der Waals surface area contributed by atoms with Gasteiger partial charge in [0, 0.05) is 24.7 Å². The maximum absolute atomic E-state index is 12.6. The van der Waals surface area contributed by atoms with E-state index in [2.05, 4.69) is 28.6 Å². The molecule has 1 aromatic carbocycles. The normalized spacial score (nSPS) is 15.5. The van der Waals surface area contributed by atoms with Crippen molar-refractivity contribution < 1.29 is 9.53 Å². The van der Waals surface area contributed by atoms with Crippen molar-refractivity contribution in [2.45, 2.75) is 50.1 Å². The Hall–Kier alpha value is -2.02. The van der Waals surface area contributed by atoms with Gasteiger partial charge in [0.15, 0.2) is 11.0 Å². The molecule has 3 rings (SSSR count). The molecule has 1 atom stereocenters. The highest BCUT2D eigenvalue weighted by atomic mass is 32.2. The summed E-state index contributed by atoms with van der Waals surface area (Å²) < 4.78 is 7.32. The second-order valence-electron chi connectivity index (χ2n) is 6.79. The zero-order chi connectivity index (χ0) is 18.7. The van der Waals surface area contributed by atoms with Crippen LogP contribution < -0.4 is 4.74 Å². The molecule has 0 spiro atoms. The average Bonchev–Trinajstić information content (AvgIpc) is 3.31. The summed E-state index contributed by atoms with van der Waals surface area (Å²) in [5.41, 5.74) is 0.984. The lowest BCUT2D eigenvalue weighted by Gasteiger charge is -2.20. The number of ether oxygens (including phenoxy) is 1. The molecule has 1 amide bonds. The van der Waals surface area contributed by atoms with E-state index in [1.54, 1.807) is 7.11 Å². The lowest BCUT2D eigenvalue weighted by molar-refractivity contribution is -0.129. The fraction of sp³-hybridized carbons (Fsp3) is 0.526. The first-order chi connectivity index (χ1) is 12.5. The van der Waals surface area contributed by atoms with Crippen molar-refractivity contribution in [3.63, 3.8) is 0 Å². The van der Waals surface area contributed by atoms with Crippen molar-refractivity contribution in [3.8, 4) is 17.1 Å². The van der Waals surface area contributed by atoms with Crippen LogP contribution in [0, 0.1) is 0 Å². The molecule has 7 heteroatoms. The molecular weight excluding hydrogens is 348 g/mol. The van der Waals surface area contributed by atoms with Crippen LogP contribution in [0.1, 0.15) is 39.7 Å². The minimum atomic E-state index is -0.168. The van der Waals surface area contributed by atoms with Crippen LogP contribution in [0.15, 0.2) is 29.4 Å². The third-order valence-corrected chi connectivity index (χ3v) is 5.62. The summed E-state index contributed by atoms with van der Waals surface area (Å²) in [5.74, 6) is 1.81. The van der Waals surface area contributed by atoms with Crippen LogP contribution >= 0.6 is 11.8 Å². The number of benzene rings is 1. The van der Waals surface area contributed by atoms with Crippen LogP contribution in [-0.4, -0.2) is 51.0 Å². The Morgan fingerprint density at radius 3 is 2.35 bits per heavy atom. The van der Waals surface area contributed by atoms with Gasteiger partial charge in [0.2, 0.25) is 5.91 Å². The van der Waals surface area contributed by atoms with Crippen LogP contribution in [0.3, 0.4) is 0 Å². The van der Waals surface area contributed by atoms with Gasteiger partial charge < -0.3 is 9.64 Å². The Bertz CT molecular complexity index is 751. The second kappa shape index (κ2) is 8.12. The number of methoxy groups -OCH3 is 1.